The third-order valence-electron chi connectivity index (χ3n) is 0.693. The quantitative estimate of drug-likeness (QED) is 0.478. The molecule has 70 valence electrons. The van der Waals surface area contributed by atoms with Crippen LogP contribution in [0.2, 0.25) is 0 Å². The van der Waals surface area contributed by atoms with Crippen LogP contribution in [0.25, 0.3) is 0 Å². The van der Waals surface area contributed by atoms with Crippen LogP contribution in [0.3, 0.4) is 0 Å². The number of hydrogen-bond donors (Lipinski definition) is 2. The number of rotatable bonds is 2. The van der Waals surface area contributed by atoms with Gasteiger partial charge in [-0.15, -0.1) is 0 Å². The largest absolute Gasteiger partial charge is 0.464 e. The number of carbonyl (C=O) groups is 2. The number of carboxylic acid groups (broad SMARTS) is 1. The number of imide groups is 1. The first kappa shape index (κ1) is 11.1. The average Bonchev–Trinajstić information content (AvgIpc) is 1.82. The molecule has 0 saturated carbocycles. The highest BCUT2D eigenvalue weighted by Gasteiger charge is 2.23. The van der Waals surface area contributed by atoms with Crippen LogP contribution < -0.4 is 0 Å². The van der Waals surface area contributed by atoms with E-state index in [4.69, 9.17) is 21.4 Å². The van der Waals surface area contributed by atoms with Crippen LogP contribution in [-0.2, 0) is 14.9 Å². The molecule has 0 saturated heterocycles. The molecule has 0 aromatic heterocycles. The second kappa shape index (κ2) is 3.70. The summed E-state index contributed by atoms with van der Waals surface area (Å²) >= 11 is 4.78. The van der Waals surface area contributed by atoms with Gasteiger partial charge in [-0.3, -0.25) is 9.35 Å². The second-order valence-electron chi connectivity index (χ2n) is 1.68. The summed E-state index contributed by atoms with van der Waals surface area (Å²) in [5.74, 6) is -2.80. The van der Waals surface area contributed by atoms with E-state index in [0.717, 1.165) is 0 Å². The van der Waals surface area contributed by atoms with E-state index in [-0.39, 0.29) is 4.42 Å². The Bertz CT molecular complexity index is 296. The van der Waals surface area contributed by atoms with Gasteiger partial charge in [0.25, 0.3) is 16.0 Å². The van der Waals surface area contributed by atoms with Crippen molar-refractivity contribution in [3.05, 3.63) is 0 Å². The van der Waals surface area contributed by atoms with E-state index in [9.17, 15) is 18.0 Å². The Morgan fingerprint density at radius 2 is 1.83 bits per heavy atom. The van der Waals surface area contributed by atoms with Crippen molar-refractivity contribution in [3.63, 3.8) is 0 Å². The lowest BCUT2D eigenvalue weighted by atomic mass is 10.7. The van der Waals surface area contributed by atoms with Gasteiger partial charge in [-0.25, -0.2) is 4.79 Å². The molecule has 7 nitrogen and oxygen atoms in total. The van der Waals surface area contributed by atoms with Crippen LogP contribution in [-0.4, -0.2) is 40.2 Å². The summed E-state index contributed by atoms with van der Waals surface area (Å²) in [5.41, 5.74) is 0. The molecule has 0 spiro atoms. The summed E-state index contributed by atoms with van der Waals surface area (Å²) in [6.45, 7) is 0. The molecule has 0 atom stereocenters. The van der Waals surface area contributed by atoms with E-state index in [1.165, 1.54) is 0 Å². The molecule has 0 rings (SSSR count). The highest BCUT2D eigenvalue weighted by Crippen LogP contribution is 1.97. The fourth-order valence-corrected chi connectivity index (χ4v) is 0.891. The van der Waals surface area contributed by atoms with Crippen molar-refractivity contribution < 1.29 is 27.7 Å². The van der Waals surface area contributed by atoms with E-state index in [0.29, 0.717) is 0 Å². The van der Waals surface area contributed by atoms with E-state index in [1.807, 2.05) is 0 Å². The van der Waals surface area contributed by atoms with Crippen molar-refractivity contribution in [2.45, 2.75) is 0 Å². The van der Waals surface area contributed by atoms with Gasteiger partial charge < -0.3 is 5.11 Å². The molecule has 2 N–H and O–H groups in total. The average molecular weight is 218 g/mol. The zero-order valence-corrected chi connectivity index (χ0v) is 7.04. The molecular formula is C3H4ClNO6S. The number of halogens is 1. The van der Waals surface area contributed by atoms with Gasteiger partial charge in [0.15, 0.2) is 5.75 Å². The Kier molecular flexibility index (Phi) is 3.43. The van der Waals surface area contributed by atoms with Gasteiger partial charge in [-0.2, -0.15) is 12.8 Å². The lowest BCUT2D eigenvalue weighted by Gasteiger charge is -2.04. The molecule has 0 heterocycles. The summed E-state index contributed by atoms with van der Waals surface area (Å²) in [4.78, 5) is 20.4. The molecular weight excluding hydrogens is 214 g/mol. The normalized spacial score (nSPS) is 10.8. The maximum atomic E-state index is 10.5. The van der Waals surface area contributed by atoms with Gasteiger partial charge in [0, 0.05) is 11.8 Å². The Morgan fingerprint density at radius 3 is 2.08 bits per heavy atom. The van der Waals surface area contributed by atoms with E-state index in [1.54, 1.807) is 0 Å². The Balaban J connectivity index is 4.35. The predicted octanol–water partition coefficient (Wildman–Crippen LogP) is -0.465. The SMILES string of the molecule is O=C(O)N(Cl)C(=O)CS(=O)(=O)O. The molecule has 0 aliphatic rings. The van der Waals surface area contributed by atoms with Gasteiger partial charge in [0.2, 0.25) is 0 Å². The van der Waals surface area contributed by atoms with Crippen LogP contribution in [0.5, 0.6) is 0 Å². The summed E-state index contributed by atoms with van der Waals surface area (Å²) in [6, 6.07) is 0. The van der Waals surface area contributed by atoms with Crippen molar-refractivity contribution >= 4 is 33.9 Å². The Morgan fingerprint density at radius 1 is 1.42 bits per heavy atom. The maximum Gasteiger partial charge on any atom is 0.429 e. The fraction of sp³-hybridized carbons (Fsp3) is 0.333. The monoisotopic (exact) mass is 217 g/mol. The minimum atomic E-state index is -4.54. The van der Waals surface area contributed by atoms with Crippen LogP contribution in [0, 0.1) is 0 Å². The first-order chi connectivity index (χ1) is 5.24. The van der Waals surface area contributed by atoms with Crippen LogP contribution in [0.15, 0.2) is 0 Å². The molecule has 2 amide bonds. The smallest absolute Gasteiger partial charge is 0.429 e. The third-order valence-corrected chi connectivity index (χ3v) is 1.64. The molecule has 12 heavy (non-hydrogen) atoms. The molecule has 0 aliphatic heterocycles. The highest BCUT2D eigenvalue weighted by atomic mass is 35.5. The van der Waals surface area contributed by atoms with Gasteiger partial charge in [-0.1, -0.05) is 0 Å². The summed E-state index contributed by atoms with van der Waals surface area (Å²) in [6.07, 6.45) is -1.81. The van der Waals surface area contributed by atoms with Crippen molar-refractivity contribution in [1.82, 2.24) is 4.42 Å². The van der Waals surface area contributed by atoms with Crippen molar-refractivity contribution in [3.8, 4) is 0 Å². The second-order valence-corrected chi connectivity index (χ2v) is 3.47. The first-order valence-electron chi connectivity index (χ1n) is 2.41. The molecule has 9 heteroatoms. The highest BCUT2D eigenvalue weighted by molar-refractivity contribution is 7.86. The number of nitrogens with zero attached hydrogens (tertiary/aromatic N) is 1. The van der Waals surface area contributed by atoms with E-state index < -0.39 is 27.9 Å². The topological polar surface area (TPSA) is 112 Å². The number of amides is 2. The van der Waals surface area contributed by atoms with Crippen LogP contribution in [0.4, 0.5) is 4.79 Å². The lowest BCUT2D eigenvalue weighted by Crippen LogP contribution is -2.32. The Hall–Kier alpha value is -0.860. The number of carbonyl (C=O) groups excluding carboxylic acids is 1. The first-order valence-corrected chi connectivity index (χ1v) is 4.35. The third kappa shape index (κ3) is 4.11. The molecule has 0 aromatic carbocycles. The van der Waals surface area contributed by atoms with Gasteiger partial charge >= 0.3 is 6.09 Å². The zero-order valence-electron chi connectivity index (χ0n) is 5.47. The van der Waals surface area contributed by atoms with Gasteiger partial charge in [-0.05, 0) is 0 Å². The summed E-state index contributed by atoms with van der Waals surface area (Å²) in [5, 5.41) is 8.05. The van der Waals surface area contributed by atoms with Crippen LogP contribution in [0.1, 0.15) is 0 Å². The molecule has 0 aliphatic carbocycles. The molecule has 0 aromatic rings. The maximum absolute atomic E-state index is 10.5. The van der Waals surface area contributed by atoms with Crippen molar-refractivity contribution in [1.29, 1.82) is 0 Å². The van der Waals surface area contributed by atoms with Crippen molar-refractivity contribution in [2.24, 2.45) is 0 Å². The molecule has 0 radical (unpaired) electrons. The lowest BCUT2D eigenvalue weighted by molar-refractivity contribution is -0.122. The summed E-state index contributed by atoms with van der Waals surface area (Å²) < 4.78 is 27.8. The predicted molar refractivity (Wildman–Crippen MR) is 37.1 cm³/mol. The minimum Gasteiger partial charge on any atom is -0.464 e. The van der Waals surface area contributed by atoms with Gasteiger partial charge in [0.1, 0.15) is 0 Å². The van der Waals surface area contributed by atoms with Crippen molar-refractivity contribution in [2.75, 3.05) is 5.75 Å². The Labute approximate surface area is 72.4 Å². The van der Waals surface area contributed by atoms with Gasteiger partial charge in [0.05, 0.1) is 0 Å². The fourth-order valence-electron chi connectivity index (χ4n) is 0.319. The number of hydrogen-bond acceptors (Lipinski definition) is 4. The summed E-state index contributed by atoms with van der Waals surface area (Å²) in [7, 11) is -4.54. The standard InChI is InChI=1S/C3H4ClNO6S/c4-5(3(7)8)2(6)1-12(9,10)11/h1H2,(H,7,8)(H,9,10,11). The van der Waals surface area contributed by atoms with E-state index in [2.05, 4.69) is 0 Å². The molecule has 0 unspecified atom stereocenters. The zero-order chi connectivity index (χ0) is 9.94. The van der Waals surface area contributed by atoms with E-state index >= 15 is 0 Å². The molecule has 0 fully saturated rings. The van der Waals surface area contributed by atoms with Crippen LogP contribution >= 0.6 is 11.8 Å². The molecule has 0 bridgehead atoms. The minimum absolute atomic E-state index is 0.353.